The molecule has 5 rings (SSSR count). The zero-order valence-electron chi connectivity index (χ0n) is 10.8. The number of halogens is 1. The summed E-state index contributed by atoms with van der Waals surface area (Å²) >= 11 is 0. The topological polar surface area (TPSA) is 37.4 Å². The smallest absolute Gasteiger partial charge is 0.238 e. The lowest BCUT2D eigenvalue weighted by Gasteiger charge is -2.38. The van der Waals surface area contributed by atoms with Crippen LogP contribution < -0.4 is 4.90 Å². The molecule has 3 aliphatic carbocycles. The van der Waals surface area contributed by atoms with Gasteiger partial charge >= 0.3 is 0 Å². The predicted octanol–water partition coefficient (Wildman–Crippen LogP) is 2.53. The van der Waals surface area contributed by atoms with E-state index in [1.807, 2.05) is 0 Å². The Balaban J connectivity index is 1.80. The summed E-state index contributed by atoms with van der Waals surface area (Å²) in [6.45, 7) is 0. The first-order valence-electron chi connectivity index (χ1n) is 6.99. The fourth-order valence-corrected chi connectivity index (χ4v) is 3.94. The minimum Gasteiger partial charge on any atom is -0.274 e. The number of carbonyl (C=O) groups excluding carboxylic acids is 2. The Bertz CT molecular complexity index is 607. The maximum absolute atomic E-state index is 13.9. The average molecular weight is 271 g/mol. The number of hydrogen-bond donors (Lipinski definition) is 0. The molecule has 1 aliphatic heterocycles. The molecule has 1 heterocycles. The fraction of sp³-hybridized carbons (Fsp3) is 0.375. The summed E-state index contributed by atoms with van der Waals surface area (Å²) in [7, 11) is 0. The first kappa shape index (κ1) is 11.8. The Hall–Kier alpha value is -1.97. The highest BCUT2D eigenvalue weighted by Gasteiger charge is 2.57. The van der Waals surface area contributed by atoms with Gasteiger partial charge in [-0.2, -0.15) is 0 Å². The molecule has 1 aromatic rings. The van der Waals surface area contributed by atoms with Crippen molar-refractivity contribution in [2.45, 2.75) is 12.8 Å². The molecule has 20 heavy (non-hydrogen) atoms. The van der Waals surface area contributed by atoms with Crippen LogP contribution in [0.2, 0.25) is 0 Å². The first-order valence-corrected chi connectivity index (χ1v) is 6.99. The van der Waals surface area contributed by atoms with Gasteiger partial charge in [-0.15, -0.1) is 0 Å². The summed E-state index contributed by atoms with van der Waals surface area (Å²) in [5.41, 5.74) is 0.0938. The van der Waals surface area contributed by atoms with Crippen molar-refractivity contribution in [3.05, 3.63) is 42.2 Å². The third-order valence-electron chi connectivity index (χ3n) is 4.85. The van der Waals surface area contributed by atoms with E-state index >= 15 is 0 Å². The van der Waals surface area contributed by atoms with Crippen LogP contribution in [0, 0.1) is 29.5 Å². The van der Waals surface area contributed by atoms with Crippen molar-refractivity contribution in [1.82, 2.24) is 0 Å². The van der Waals surface area contributed by atoms with Crippen molar-refractivity contribution in [2.24, 2.45) is 23.7 Å². The molecule has 0 aromatic heterocycles. The number of hydrogen-bond acceptors (Lipinski definition) is 2. The van der Waals surface area contributed by atoms with Crippen LogP contribution >= 0.6 is 0 Å². The minimum absolute atomic E-state index is 0.0938. The van der Waals surface area contributed by atoms with Crippen LogP contribution in [0.5, 0.6) is 0 Å². The van der Waals surface area contributed by atoms with Gasteiger partial charge in [0.2, 0.25) is 11.8 Å². The number of fused-ring (bicyclic) bond motifs is 1. The van der Waals surface area contributed by atoms with E-state index < -0.39 is 5.82 Å². The number of nitrogens with zero attached hydrogens (tertiary/aromatic N) is 1. The monoisotopic (exact) mass is 271 g/mol. The molecule has 0 radical (unpaired) electrons. The Kier molecular flexibility index (Phi) is 2.37. The zero-order valence-corrected chi connectivity index (χ0v) is 10.8. The number of rotatable bonds is 1. The molecule has 4 aliphatic rings. The van der Waals surface area contributed by atoms with E-state index in [1.165, 1.54) is 12.1 Å². The Labute approximate surface area is 116 Å². The van der Waals surface area contributed by atoms with Gasteiger partial charge in [0, 0.05) is 0 Å². The molecule has 1 aromatic carbocycles. The standard InChI is InChI=1S/C16H14FNO2/c17-11-3-1-2-4-12(11)18-15(19)13-9-5-6-10(8-7-9)14(13)16(18)20/h1-6,9-10,13-14H,7-8H2/t9-,10+,13-,14+. The second kappa shape index (κ2) is 4.01. The lowest BCUT2D eigenvalue weighted by Crippen LogP contribution is -2.38. The van der Waals surface area contributed by atoms with Gasteiger partial charge in [-0.05, 0) is 36.8 Å². The summed E-state index contributed by atoms with van der Waals surface area (Å²) < 4.78 is 13.9. The molecule has 0 N–H and O–H groups in total. The number of anilines is 1. The Morgan fingerprint density at radius 2 is 1.50 bits per heavy atom. The van der Waals surface area contributed by atoms with Gasteiger partial charge in [-0.1, -0.05) is 24.3 Å². The van der Waals surface area contributed by atoms with E-state index in [2.05, 4.69) is 12.2 Å². The van der Waals surface area contributed by atoms with Gasteiger partial charge in [0.25, 0.3) is 0 Å². The normalized spacial score (nSPS) is 34.8. The molecule has 3 nitrogen and oxygen atoms in total. The lowest BCUT2D eigenvalue weighted by atomic mass is 9.63. The third kappa shape index (κ3) is 1.39. The van der Waals surface area contributed by atoms with Crippen LogP contribution in [-0.2, 0) is 9.59 Å². The Morgan fingerprint density at radius 1 is 0.950 bits per heavy atom. The van der Waals surface area contributed by atoms with Crippen LogP contribution in [0.3, 0.4) is 0 Å². The van der Waals surface area contributed by atoms with Crippen LogP contribution in [0.15, 0.2) is 36.4 Å². The highest BCUT2D eigenvalue weighted by Crippen LogP contribution is 2.50. The van der Waals surface area contributed by atoms with Gasteiger partial charge in [-0.3, -0.25) is 9.59 Å². The fourth-order valence-electron chi connectivity index (χ4n) is 3.94. The highest BCUT2D eigenvalue weighted by atomic mass is 19.1. The summed E-state index contributed by atoms with van der Waals surface area (Å²) in [5.74, 6) is -1.28. The Morgan fingerprint density at radius 3 is 2.00 bits per heavy atom. The van der Waals surface area contributed by atoms with Gasteiger partial charge in [0.1, 0.15) is 5.82 Å². The molecule has 0 spiro atoms. The number of benzene rings is 1. The van der Waals surface area contributed by atoms with Crippen molar-refractivity contribution in [3.63, 3.8) is 0 Å². The van der Waals surface area contributed by atoms with Crippen molar-refractivity contribution in [2.75, 3.05) is 4.90 Å². The van der Waals surface area contributed by atoms with E-state index in [1.54, 1.807) is 12.1 Å². The SMILES string of the molecule is O=C1[C@@H]2[C@H](C(=O)N1c1ccccc1F)[C@@H]1C=C[C@H]2CC1. The van der Waals surface area contributed by atoms with Crippen molar-refractivity contribution < 1.29 is 14.0 Å². The second-order valence-electron chi connectivity index (χ2n) is 5.80. The molecule has 2 amide bonds. The van der Waals surface area contributed by atoms with Crippen molar-refractivity contribution in [3.8, 4) is 0 Å². The number of imide groups is 1. The van der Waals surface area contributed by atoms with E-state index in [-0.39, 0.29) is 41.2 Å². The van der Waals surface area contributed by atoms with Gasteiger partial charge in [0.05, 0.1) is 17.5 Å². The number of carbonyl (C=O) groups is 2. The second-order valence-corrected chi connectivity index (χ2v) is 5.80. The van der Waals surface area contributed by atoms with E-state index in [0.29, 0.717) is 0 Å². The van der Waals surface area contributed by atoms with E-state index in [0.717, 1.165) is 17.7 Å². The van der Waals surface area contributed by atoms with Crippen molar-refractivity contribution in [1.29, 1.82) is 0 Å². The van der Waals surface area contributed by atoms with Gasteiger partial charge in [-0.25, -0.2) is 9.29 Å². The molecule has 2 fully saturated rings. The largest absolute Gasteiger partial charge is 0.274 e. The van der Waals surface area contributed by atoms with Crippen LogP contribution in [-0.4, -0.2) is 11.8 Å². The molecule has 102 valence electrons. The quantitative estimate of drug-likeness (QED) is 0.581. The number of allylic oxidation sites excluding steroid dienone is 2. The minimum atomic E-state index is -0.520. The molecule has 1 saturated heterocycles. The molecule has 0 unspecified atom stereocenters. The summed E-state index contributed by atoms with van der Waals surface area (Å²) in [6.07, 6.45) is 6.02. The van der Waals surface area contributed by atoms with Crippen LogP contribution in [0.4, 0.5) is 10.1 Å². The van der Waals surface area contributed by atoms with Gasteiger partial charge in [0.15, 0.2) is 0 Å². The molecule has 4 heteroatoms. The summed E-state index contributed by atoms with van der Waals surface area (Å²) in [5, 5.41) is 0. The average Bonchev–Trinajstić information content (AvgIpc) is 2.75. The van der Waals surface area contributed by atoms with E-state index in [4.69, 9.17) is 0 Å². The predicted molar refractivity (Wildman–Crippen MR) is 71.2 cm³/mol. The maximum Gasteiger partial charge on any atom is 0.238 e. The summed E-state index contributed by atoms with van der Waals surface area (Å²) in [6, 6.07) is 5.98. The number of para-hydroxylation sites is 1. The van der Waals surface area contributed by atoms with Crippen LogP contribution in [0.25, 0.3) is 0 Å². The first-order chi connectivity index (χ1) is 9.68. The summed E-state index contributed by atoms with van der Waals surface area (Å²) in [4.78, 5) is 26.3. The zero-order chi connectivity index (χ0) is 13.9. The highest BCUT2D eigenvalue weighted by molar-refractivity contribution is 6.22. The van der Waals surface area contributed by atoms with Crippen molar-refractivity contribution >= 4 is 17.5 Å². The van der Waals surface area contributed by atoms with Crippen LogP contribution in [0.1, 0.15) is 12.8 Å². The molecular weight excluding hydrogens is 257 g/mol. The molecule has 4 atom stereocenters. The lowest BCUT2D eigenvalue weighted by molar-refractivity contribution is -0.124. The molecule has 1 saturated carbocycles. The maximum atomic E-state index is 13.9. The van der Waals surface area contributed by atoms with E-state index in [9.17, 15) is 14.0 Å². The number of amides is 2. The molecule has 2 bridgehead atoms. The molecular formula is C16H14FNO2. The van der Waals surface area contributed by atoms with Gasteiger partial charge < -0.3 is 0 Å². The third-order valence-corrected chi connectivity index (χ3v) is 4.85.